The fourth-order valence-electron chi connectivity index (χ4n) is 4.23. The van der Waals surface area contributed by atoms with Crippen LogP contribution in [0, 0.1) is 0 Å². The smallest absolute Gasteiger partial charge is 0.0487 e. The molecule has 0 aliphatic carbocycles. The molecule has 0 amide bonds. The van der Waals surface area contributed by atoms with Crippen LogP contribution in [0.2, 0.25) is 0 Å². The molecule has 0 saturated heterocycles. The summed E-state index contributed by atoms with van der Waals surface area (Å²) in [7, 11) is 0. The first-order valence-corrected chi connectivity index (χ1v) is 15.8. The monoisotopic (exact) mass is 518 g/mol. The van der Waals surface area contributed by atoms with E-state index in [1.807, 2.05) is 0 Å². The second kappa shape index (κ2) is 31.4. The summed E-state index contributed by atoms with van der Waals surface area (Å²) in [6.07, 6.45) is 31.8. The normalized spacial score (nSPS) is 11.4. The molecule has 0 atom stereocenters. The number of halogens is 1. The quantitative estimate of drug-likeness (QED) is 0.0723. The topological polar surface area (TPSA) is 18.5 Å². The van der Waals surface area contributed by atoms with Gasteiger partial charge in [0.05, 0.1) is 0 Å². The predicted molar refractivity (Wildman–Crippen MR) is 147 cm³/mol. The molecular weight excluding hydrogens is 460 g/mol. The van der Waals surface area contributed by atoms with Crippen molar-refractivity contribution in [2.75, 3.05) is 31.8 Å². The predicted octanol–water partition coefficient (Wildman–Crippen LogP) is 10.4. The third-order valence-corrected chi connectivity index (χ3v) is 6.95. The number of hydrogen-bond donors (Lipinski definition) is 0. The van der Waals surface area contributed by atoms with Crippen LogP contribution in [0.4, 0.5) is 0 Å². The Kier molecular flexibility index (Phi) is 31.8. The Hall–Kier alpha value is 0.400. The molecule has 0 saturated carbocycles. The molecule has 0 bridgehead atoms. The van der Waals surface area contributed by atoms with E-state index in [2.05, 4.69) is 22.9 Å². The number of ether oxygens (including phenoxy) is 2. The van der Waals surface area contributed by atoms with Crippen molar-refractivity contribution in [3.05, 3.63) is 0 Å². The van der Waals surface area contributed by atoms with Gasteiger partial charge < -0.3 is 9.47 Å². The van der Waals surface area contributed by atoms with Crippen LogP contribution in [-0.4, -0.2) is 31.8 Å². The van der Waals surface area contributed by atoms with Gasteiger partial charge in [-0.1, -0.05) is 145 Å². The van der Waals surface area contributed by atoms with Crippen LogP contribution in [-0.2, 0) is 9.47 Å². The van der Waals surface area contributed by atoms with Crippen molar-refractivity contribution < 1.29 is 9.47 Å². The Morgan fingerprint density at radius 1 is 0.344 bits per heavy atom. The van der Waals surface area contributed by atoms with Crippen LogP contribution < -0.4 is 0 Å². The lowest BCUT2D eigenvalue weighted by Crippen LogP contribution is -2.03. The average molecular weight is 520 g/mol. The molecule has 3 heteroatoms. The molecule has 2 nitrogen and oxygen atoms in total. The fraction of sp³-hybridized carbons (Fsp3) is 1.00. The van der Waals surface area contributed by atoms with E-state index >= 15 is 0 Å². The Labute approximate surface area is 211 Å². The van der Waals surface area contributed by atoms with Gasteiger partial charge in [-0.25, -0.2) is 0 Å². The van der Waals surface area contributed by atoms with Gasteiger partial charge in [0, 0.05) is 31.8 Å². The zero-order chi connectivity index (χ0) is 23.2. The number of rotatable bonds is 29. The molecule has 0 fully saturated rings. The molecule has 0 aliphatic rings. The van der Waals surface area contributed by atoms with Crippen LogP contribution >= 0.6 is 15.9 Å². The summed E-state index contributed by atoms with van der Waals surface area (Å²) in [6, 6.07) is 0. The summed E-state index contributed by atoms with van der Waals surface area (Å²) in [5.41, 5.74) is 0. The maximum absolute atomic E-state index is 5.75. The summed E-state index contributed by atoms with van der Waals surface area (Å²) in [4.78, 5) is 0. The minimum absolute atomic E-state index is 0.864. The standard InChI is InChI=1S/C29H59BrO2/c1-2-3-4-5-6-7-8-9-10-11-12-13-14-16-19-22-26-31-28-24-29-32-27-23-20-17-15-18-21-25-30/h2-29H2,1H3. The molecule has 0 aromatic rings. The molecule has 0 aliphatic heterocycles. The van der Waals surface area contributed by atoms with E-state index in [9.17, 15) is 0 Å². The Bertz CT molecular complexity index is 282. The second-order valence-electron chi connectivity index (χ2n) is 9.69. The summed E-state index contributed by atoms with van der Waals surface area (Å²) in [5.74, 6) is 0. The molecule has 32 heavy (non-hydrogen) atoms. The molecular formula is C29H59BrO2. The number of unbranched alkanes of at least 4 members (excludes halogenated alkanes) is 20. The molecule has 0 aromatic carbocycles. The molecule has 0 unspecified atom stereocenters. The molecule has 0 heterocycles. The van der Waals surface area contributed by atoms with Crippen molar-refractivity contribution in [3.63, 3.8) is 0 Å². The molecule has 0 rings (SSSR count). The average Bonchev–Trinajstić information content (AvgIpc) is 2.81. The lowest BCUT2D eigenvalue weighted by Gasteiger charge is -2.06. The van der Waals surface area contributed by atoms with E-state index in [-0.39, 0.29) is 0 Å². The third kappa shape index (κ3) is 30.4. The Morgan fingerprint density at radius 3 is 0.969 bits per heavy atom. The van der Waals surface area contributed by atoms with E-state index in [1.54, 1.807) is 0 Å². The first kappa shape index (κ1) is 32.4. The first-order valence-electron chi connectivity index (χ1n) is 14.6. The fourth-order valence-corrected chi connectivity index (χ4v) is 4.62. The summed E-state index contributed by atoms with van der Waals surface area (Å²) < 4.78 is 11.5. The lowest BCUT2D eigenvalue weighted by molar-refractivity contribution is 0.0794. The van der Waals surface area contributed by atoms with Crippen molar-refractivity contribution in [1.29, 1.82) is 0 Å². The summed E-state index contributed by atoms with van der Waals surface area (Å²) in [6.45, 7) is 5.89. The maximum atomic E-state index is 5.75. The first-order chi connectivity index (χ1) is 15.9. The van der Waals surface area contributed by atoms with Gasteiger partial charge in [0.2, 0.25) is 0 Å². The number of hydrogen-bond acceptors (Lipinski definition) is 2. The van der Waals surface area contributed by atoms with Gasteiger partial charge in [0.15, 0.2) is 0 Å². The third-order valence-electron chi connectivity index (χ3n) is 6.39. The van der Waals surface area contributed by atoms with Crippen LogP contribution in [0.25, 0.3) is 0 Å². The van der Waals surface area contributed by atoms with Crippen molar-refractivity contribution in [3.8, 4) is 0 Å². The van der Waals surface area contributed by atoms with E-state index in [1.165, 1.54) is 141 Å². The zero-order valence-electron chi connectivity index (χ0n) is 22.0. The van der Waals surface area contributed by atoms with Crippen molar-refractivity contribution >= 4 is 15.9 Å². The summed E-state index contributed by atoms with van der Waals surface area (Å²) in [5, 5.41) is 1.15. The second-order valence-corrected chi connectivity index (χ2v) is 10.5. The van der Waals surface area contributed by atoms with E-state index in [0.29, 0.717) is 0 Å². The van der Waals surface area contributed by atoms with Gasteiger partial charge in [-0.05, 0) is 25.7 Å². The largest absolute Gasteiger partial charge is 0.381 e. The van der Waals surface area contributed by atoms with Crippen LogP contribution in [0.1, 0.15) is 155 Å². The maximum Gasteiger partial charge on any atom is 0.0487 e. The lowest BCUT2D eigenvalue weighted by atomic mass is 10.0. The van der Waals surface area contributed by atoms with Gasteiger partial charge >= 0.3 is 0 Å². The van der Waals surface area contributed by atoms with Gasteiger partial charge in [-0.15, -0.1) is 0 Å². The van der Waals surface area contributed by atoms with E-state index < -0.39 is 0 Å². The molecule has 0 radical (unpaired) electrons. The minimum Gasteiger partial charge on any atom is -0.381 e. The molecule has 0 aromatic heterocycles. The van der Waals surface area contributed by atoms with Gasteiger partial charge in [-0.2, -0.15) is 0 Å². The van der Waals surface area contributed by atoms with Gasteiger partial charge in [0.25, 0.3) is 0 Å². The highest BCUT2D eigenvalue weighted by Gasteiger charge is 1.96. The molecule has 0 spiro atoms. The van der Waals surface area contributed by atoms with Crippen LogP contribution in [0.5, 0.6) is 0 Å². The van der Waals surface area contributed by atoms with Gasteiger partial charge in [-0.3, -0.25) is 0 Å². The highest BCUT2D eigenvalue weighted by molar-refractivity contribution is 9.09. The van der Waals surface area contributed by atoms with Gasteiger partial charge in [0.1, 0.15) is 0 Å². The van der Waals surface area contributed by atoms with Crippen molar-refractivity contribution in [2.24, 2.45) is 0 Å². The highest BCUT2D eigenvalue weighted by atomic mass is 79.9. The van der Waals surface area contributed by atoms with Crippen molar-refractivity contribution in [1.82, 2.24) is 0 Å². The number of alkyl halides is 1. The highest BCUT2D eigenvalue weighted by Crippen LogP contribution is 2.13. The van der Waals surface area contributed by atoms with E-state index in [4.69, 9.17) is 9.47 Å². The Balaban J connectivity index is 2.98. The Morgan fingerprint density at radius 2 is 0.625 bits per heavy atom. The minimum atomic E-state index is 0.864. The van der Waals surface area contributed by atoms with Crippen molar-refractivity contribution in [2.45, 2.75) is 155 Å². The summed E-state index contributed by atoms with van der Waals surface area (Å²) >= 11 is 3.49. The molecule has 194 valence electrons. The zero-order valence-corrected chi connectivity index (χ0v) is 23.6. The van der Waals surface area contributed by atoms with Crippen LogP contribution in [0.3, 0.4) is 0 Å². The molecule has 0 N–H and O–H groups in total. The SMILES string of the molecule is CCCCCCCCCCCCCCCCCCOCCCOCCCCCCCCBr. The van der Waals surface area contributed by atoms with Crippen LogP contribution in [0.15, 0.2) is 0 Å². The van der Waals surface area contributed by atoms with E-state index in [0.717, 1.165) is 38.2 Å².